The molecule has 0 fully saturated rings. The van der Waals surface area contributed by atoms with Crippen LogP contribution in [0.1, 0.15) is 23.0 Å². The fourth-order valence-corrected chi connectivity index (χ4v) is 4.99. The molecular weight excluding hydrogens is 370 g/mol. The molecule has 1 N–H and O–H groups in total. The van der Waals surface area contributed by atoms with E-state index in [1.54, 1.807) is 9.78 Å². The number of aryl methyl sites for hydroxylation is 1. The Labute approximate surface area is 155 Å². The van der Waals surface area contributed by atoms with Crippen LogP contribution < -0.4 is 5.32 Å². The summed E-state index contributed by atoms with van der Waals surface area (Å²) >= 11 is 1.38. The van der Waals surface area contributed by atoms with Gasteiger partial charge in [-0.2, -0.15) is 0 Å². The summed E-state index contributed by atoms with van der Waals surface area (Å²) in [6.07, 6.45) is 4.32. The lowest BCUT2D eigenvalue weighted by Crippen LogP contribution is -2.36. The fourth-order valence-electron chi connectivity index (χ4n) is 2.91. The smallest absolute Gasteiger partial charge is 0.269 e. The number of hydrogen-bond acceptors (Lipinski definition) is 5. The predicted octanol–water partition coefficient (Wildman–Crippen LogP) is 2.67. The van der Waals surface area contributed by atoms with Crippen molar-refractivity contribution in [1.82, 2.24) is 14.7 Å². The van der Waals surface area contributed by atoms with Crippen LogP contribution in [-0.4, -0.2) is 35.5 Å². The van der Waals surface area contributed by atoms with Crippen molar-refractivity contribution in [1.29, 1.82) is 0 Å². The summed E-state index contributed by atoms with van der Waals surface area (Å²) in [5.41, 5.74) is 3.51. The number of amides is 1. The third kappa shape index (κ3) is 3.17. The summed E-state index contributed by atoms with van der Waals surface area (Å²) in [4.78, 5) is 17.8. The Morgan fingerprint density at radius 3 is 2.77 bits per heavy atom. The van der Waals surface area contributed by atoms with Crippen molar-refractivity contribution in [2.75, 3.05) is 5.75 Å². The third-order valence-corrected chi connectivity index (χ3v) is 6.58. The molecule has 0 spiro atoms. The van der Waals surface area contributed by atoms with E-state index in [4.69, 9.17) is 0 Å². The van der Waals surface area contributed by atoms with Crippen molar-refractivity contribution in [3.8, 4) is 11.3 Å². The summed E-state index contributed by atoms with van der Waals surface area (Å²) in [5.74, 6) is -0.404. The van der Waals surface area contributed by atoms with Gasteiger partial charge in [0.15, 0.2) is 14.8 Å². The quantitative estimate of drug-likeness (QED) is 0.746. The van der Waals surface area contributed by atoms with Crippen molar-refractivity contribution in [2.45, 2.75) is 19.4 Å². The number of nitrogens with one attached hydrogen (secondary N) is 1. The van der Waals surface area contributed by atoms with E-state index < -0.39 is 15.9 Å². The number of nitrogens with zero attached hydrogens (tertiary/aromatic N) is 2. The van der Waals surface area contributed by atoms with Crippen molar-refractivity contribution in [3.63, 3.8) is 0 Å². The molecule has 1 unspecified atom stereocenters. The molecule has 6 nitrogen and oxygen atoms in total. The maximum absolute atomic E-state index is 12.5. The van der Waals surface area contributed by atoms with Crippen LogP contribution in [0.15, 0.2) is 47.3 Å². The highest BCUT2D eigenvalue weighted by molar-refractivity contribution is 7.94. The van der Waals surface area contributed by atoms with E-state index >= 15 is 0 Å². The van der Waals surface area contributed by atoms with Crippen LogP contribution in [0.2, 0.25) is 0 Å². The van der Waals surface area contributed by atoms with Gasteiger partial charge in [-0.1, -0.05) is 31.2 Å². The molecule has 0 saturated carbocycles. The average molecular weight is 387 g/mol. The number of rotatable bonds is 4. The SMILES string of the molecule is CCc1ccc(-c2cn3c(C(=O)NC4C=CS(=O)(=O)C4)csc3n2)cc1. The zero-order valence-electron chi connectivity index (χ0n) is 14.0. The van der Waals surface area contributed by atoms with Gasteiger partial charge in [0.05, 0.1) is 17.5 Å². The maximum atomic E-state index is 12.5. The number of sulfone groups is 1. The number of benzene rings is 1. The molecule has 1 aliphatic heterocycles. The van der Waals surface area contributed by atoms with E-state index in [1.165, 1.54) is 23.0 Å². The van der Waals surface area contributed by atoms with Crippen LogP contribution in [0.3, 0.4) is 0 Å². The second-order valence-electron chi connectivity index (χ2n) is 6.19. The molecule has 4 rings (SSSR count). The third-order valence-electron chi connectivity index (χ3n) is 4.35. The standard InChI is InChI=1S/C18H17N3O3S2/c1-2-12-3-5-13(6-4-12)15-9-21-16(10-25-18(21)20-15)17(22)19-14-7-8-26(23,24)11-14/h3-10,14H,2,11H2,1H3,(H,19,22). The van der Waals surface area contributed by atoms with E-state index in [0.717, 1.165) is 28.0 Å². The average Bonchev–Trinajstić information content (AvgIpc) is 3.28. The highest BCUT2D eigenvalue weighted by Crippen LogP contribution is 2.24. The van der Waals surface area contributed by atoms with Gasteiger partial charge >= 0.3 is 0 Å². The zero-order valence-corrected chi connectivity index (χ0v) is 15.7. The number of thiazole rings is 1. The van der Waals surface area contributed by atoms with Crippen LogP contribution in [0.25, 0.3) is 16.2 Å². The Morgan fingerprint density at radius 1 is 1.35 bits per heavy atom. The van der Waals surface area contributed by atoms with Gasteiger partial charge in [-0.05, 0) is 18.1 Å². The molecule has 0 radical (unpaired) electrons. The first-order valence-corrected chi connectivity index (χ1v) is 10.8. The Kier molecular flexibility index (Phi) is 4.16. The lowest BCUT2D eigenvalue weighted by atomic mass is 10.1. The second-order valence-corrected chi connectivity index (χ2v) is 8.96. The summed E-state index contributed by atoms with van der Waals surface area (Å²) in [7, 11) is -3.20. The molecule has 1 atom stereocenters. The Morgan fingerprint density at radius 2 is 2.12 bits per heavy atom. The minimum atomic E-state index is -3.20. The number of aromatic nitrogens is 2. The van der Waals surface area contributed by atoms with Crippen LogP contribution >= 0.6 is 11.3 Å². The molecule has 0 aliphatic carbocycles. The molecule has 2 aromatic heterocycles. The largest absolute Gasteiger partial charge is 0.343 e. The molecule has 1 aromatic carbocycles. The normalized spacial score (nSPS) is 18.4. The lowest BCUT2D eigenvalue weighted by Gasteiger charge is -2.09. The molecule has 134 valence electrons. The monoisotopic (exact) mass is 387 g/mol. The first kappa shape index (κ1) is 17.0. The van der Waals surface area contributed by atoms with Gasteiger partial charge < -0.3 is 5.32 Å². The van der Waals surface area contributed by atoms with Crippen LogP contribution in [0.5, 0.6) is 0 Å². The van der Waals surface area contributed by atoms with Gasteiger partial charge in [0, 0.05) is 22.5 Å². The summed E-state index contributed by atoms with van der Waals surface area (Å²) in [5, 5.41) is 5.63. The van der Waals surface area contributed by atoms with E-state index in [-0.39, 0.29) is 11.7 Å². The molecule has 1 aliphatic rings. The lowest BCUT2D eigenvalue weighted by molar-refractivity contribution is 0.0942. The molecule has 26 heavy (non-hydrogen) atoms. The highest BCUT2D eigenvalue weighted by atomic mass is 32.2. The predicted molar refractivity (Wildman–Crippen MR) is 102 cm³/mol. The molecule has 1 amide bonds. The first-order valence-electron chi connectivity index (χ1n) is 8.23. The van der Waals surface area contributed by atoms with Crippen LogP contribution in [0.4, 0.5) is 0 Å². The maximum Gasteiger partial charge on any atom is 0.269 e. The second kappa shape index (κ2) is 6.37. The van der Waals surface area contributed by atoms with Crippen molar-refractivity contribution < 1.29 is 13.2 Å². The zero-order chi connectivity index (χ0) is 18.3. The minimum absolute atomic E-state index is 0.0923. The molecule has 0 bridgehead atoms. The minimum Gasteiger partial charge on any atom is -0.343 e. The van der Waals surface area contributed by atoms with Gasteiger partial charge in [0.2, 0.25) is 0 Å². The molecular formula is C18H17N3O3S2. The van der Waals surface area contributed by atoms with Gasteiger partial charge in [-0.25, -0.2) is 13.4 Å². The number of fused-ring (bicyclic) bond motifs is 1. The summed E-state index contributed by atoms with van der Waals surface area (Å²) < 4.78 is 24.7. The van der Waals surface area contributed by atoms with Gasteiger partial charge in [0.25, 0.3) is 5.91 Å². The Hall–Kier alpha value is -2.45. The molecule has 0 saturated heterocycles. The molecule has 3 heterocycles. The Bertz CT molecular complexity index is 1110. The van der Waals surface area contributed by atoms with Crippen molar-refractivity contribution in [2.24, 2.45) is 0 Å². The summed E-state index contributed by atoms with van der Waals surface area (Å²) in [6.45, 7) is 2.11. The van der Waals surface area contributed by atoms with Gasteiger partial charge in [0.1, 0.15) is 5.69 Å². The van der Waals surface area contributed by atoms with E-state index in [2.05, 4.69) is 29.4 Å². The van der Waals surface area contributed by atoms with Gasteiger partial charge in [-0.3, -0.25) is 9.20 Å². The first-order chi connectivity index (χ1) is 12.4. The van der Waals surface area contributed by atoms with Gasteiger partial charge in [-0.15, -0.1) is 11.3 Å². The Balaban J connectivity index is 1.59. The van der Waals surface area contributed by atoms with Crippen LogP contribution in [0, 0.1) is 0 Å². The van der Waals surface area contributed by atoms with Crippen molar-refractivity contribution >= 4 is 32.0 Å². The number of carbonyl (C=O) groups excluding carboxylic acids is 1. The van der Waals surface area contributed by atoms with E-state index in [0.29, 0.717) is 5.69 Å². The summed E-state index contributed by atoms with van der Waals surface area (Å²) in [6, 6.07) is 7.71. The number of carbonyl (C=O) groups is 1. The molecule has 8 heteroatoms. The number of imidazole rings is 1. The molecule has 3 aromatic rings. The number of hydrogen-bond donors (Lipinski definition) is 1. The fraction of sp³-hybridized carbons (Fsp3) is 0.222. The van der Waals surface area contributed by atoms with E-state index in [9.17, 15) is 13.2 Å². The highest BCUT2D eigenvalue weighted by Gasteiger charge is 2.24. The van der Waals surface area contributed by atoms with Crippen molar-refractivity contribution in [3.05, 3.63) is 58.6 Å². The van der Waals surface area contributed by atoms with Crippen LogP contribution in [-0.2, 0) is 16.3 Å². The van der Waals surface area contributed by atoms with E-state index in [1.807, 2.05) is 18.3 Å². The topological polar surface area (TPSA) is 80.5 Å².